The molecule has 1 fully saturated rings. The average Bonchev–Trinajstić information content (AvgIpc) is 2.69. The first-order chi connectivity index (χ1) is 10.0. The fourth-order valence-corrected chi connectivity index (χ4v) is 3.00. The largest absolute Gasteiger partial charge is 0.494 e. The highest BCUT2D eigenvalue weighted by atomic mass is 32.2. The molecule has 1 saturated heterocycles. The maximum absolute atomic E-state index is 12.1. The lowest BCUT2D eigenvalue weighted by atomic mass is 10.2. The van der Waals surface area contributed by atoms with E-state index in [0.29, 0.717) is 11.5 Å². The van der Waals surface area contributed by atoms with Crippen molar-refractivity contribution in [3.8, 4) is 5.75 Å². The van der Waals surface area contributed by atoms with E-state index in [1.54, 1.807) is 6.08 Å². The van der Waals surface area contributed by atoms with Gasteiger partial charge in [-0.2, -0.15) is 0 Å². The fourth-order valence-electron chi connectivity index (χ4n) is 1.75. The Labute approximate surface area is 131 Å². The first-order valence-electron chi connectivity index (χ1n) is 6.21. The van der Waals surface area contributed by atoms with Crippen molar-refractivity contribution in [2.45, 2.75) is 6.92 Å². The monoisotopic (exact) mass is 323 g/mol. The summed E-state index contributed by atoms with van der Waals surface area (Å²) < 4.78 is 5.61. The lowest BCUT2D eigenvalue weighted by Gasteiger charge is -2.10. The van der Waals surface area contributed by atoms with Gasteiger partial charge >= 0.3 is 5.97 Å². The van der Waals surface area contributed by atoms with E-state index in [0.717, 1.165) is 28.0 Å². The minimum Gasteiger partial charge on any atom is -0.494 e. The number of amides is 1. The van der Waals surface area contributed by atoms with Gasteiger partial charge in [-0.15, -0.1) is 0 Å². The van der Waals surface area contributed by atoms with Crippen LogP contribution in [-0.2, 0) is 9.59 Å². The number of thioether (sulfide) groups is 1. The Hall–Kier alpha value is -1.86. The second kappa shape index (κ2) is 6.73. The zero-order chi connectivity index (χ0) is 15.4. The van der Waals surface area contributed by atoms with Crippen molar-refractivity contribution in [2.75, 3.05) is 13.2 Å². The van der Waals surface area contributed by atoms with E-state index < -0.39 is 12.5 Å². The minimum absolute atomic E-state index is 0.264. The summed E-state index contributed by atoms with van der Waals surface area (Å²) in [5.74, 6) is -0.706. The van der Waals surface area contributed by atoms with Crippen LogP contribution in [0, 0.1) is 0 Å². The van der Waals surface area contributed by atoms with Crippen LogP contribution < -0.4 is 4.74 Å². The van der Waals surface area contributed by atoms with Crippen molar-refractivity contribution >= 4 is 46.3 Å². The minimum atomic E-state index is -1.09. The van der Waals surface area contributed by atoms with Gasteiger partial charge in [-0.1, -0.05) is 36.1 Å². The summed E-state index contributed by atoms with van der Waals surface area (Å²) in [4.78, 5) is 24.3. The van der Waals surface area contributed by atoms with Crippen molar-refractivity contribution in [3.63, 3.8) is 0 Å². The van der Waals surface area contributed by atoms with Crippen LogP contribution in [0.25, 0.3) is 6.08 Å². The maximum atomic E-state index is 12.1. The summed E-state index contributed by atoms with van der Waals surface area (Å²) >= 11 is 6.14. The van der Waals surface area contributed by atoms with Crippen molar-refractivity contribution in [3.05, 3.63) is 34.7 Å². The molecule has 1 amide bonds. The Kier molecular flexibility index (Phi) is 4.98. The van der Waals surface area contributed by atoms with Gasteiger partial charge in [-0.05, 0) is 30.7 Å². The van der Waals surface area contributed by atoms with Crippen molar-refractivity contribution < 1.29 is 19.4 Å². The van der Waals surface area contributed by atoms with Crippen molar-refractivity contribution in [2.24, 2.45) is 0 Å². The molecule has 1 aromatic carbocycles. The molecule has 5 nitrogen and oxygen atoms in total. The van der Waals surface area contributed by atoms with Crippen LogP contribution in [0.5, 0.6) is 5.75 Å². The fraction of sp³-hybridized carbons (Fsp3) is 0.214. The zero-order valence-electron chi connectivity index (χ0n) is 11.2. The Morgan fingerprint density at radius 1 is 1.43 bits per heavy atom. The van der Waals surface area contributed by atoms with E-state index in [9.17, 15) is 9.59 Å². The summed E-state index contributed by atoms with van der Waals surface area (Å²) in [5, 5.41) is 8.77. The van der Waals surface area contributed by atoms with Crippen LogP contribution in [0.1, 0.15) is 12.5 Å². The topological polar surface area (TPSA) is 66.8 Å². The first kappa shape index (κ1) is 15.5. The molecule has 0 aliphatic carbocycles. The number of nitrogens with zero attached hydrogens (tertiary/aromatic N) is 1. The molecule has 1 aliphatic rings. The van der Waals surface area contributed by atoms with Crippen LogP contribution in [0.15, 0.2) is 29.2 Å². The summed E-state index contributed by atoms with van der Waals surface area (Å²) in [6.07, 6.45) is 1.69. The highest BCUT2D eigenvalue weighted by Gasteiger charge is 2.33. The predicted octanol–water partition coefficient (Wildman–Crippen LogP) is 2.37. The van der Waals surface area contributed by atoms with Crippen molar-refractivity contribution in [1.29, 1.82) is 0 Å². The molecule has 2 rings (SSSR count). The van der Waals surface area contributed by atoms with Crippen LogP contribution in [0.4, 0.5) is 0 Å². The van der Waals surface area contributed by atoms with E-state index in [4.69, 9.17) is 22.1 Å². The van der Waals surface area contributed by atoms with E-state index in [1.165, 1.54) is 0 Å². The number of thiocarbonyl (C=S) groups is 1. The number of carboxylic acid groups (broad SMARTS) is 1. The van der Waals surface area contributed by atoms with Gasteiger partial charge in [-0.25, -0.2) is 0 Å². The number of benzene rings is 1. The molecule has 1 N–H and O–H groups in total. The Balaban J connectivity index is 2.16. The summed E-state index contributed by atoms with van der Waals surface area (Å²) in [6.45, 7) is 2.08. The molecule has 1 aliphatic heterocycles. The lowest BCUT2D eigenvalue weighted by molar-refractivity contribution is -0.140. The van der Waals surface area contributed by atoms with Gasteiger partial charge in [0, 0.05) is 0 Å². The third-order valence-electron chi connectivity index (χ3n) is 2.66. The van der Waals surface area contributed by atoms with Gasteiger partial charge in [0.15, 0.2) is 0 Å². The number of hydrogen-bond donors (Lipinski definition) is 1. The van der Waals surface area contributed by atoms with E-state index in [2.05, 4.69) is 0 Å². The quantitative estimate of drug-likeness (QED) is 0.663. The average molecular weight is 323 g/mol. The molecular formula is C14H13NO4S2. The van der Waals surface area contributed by atoms with Gasteiger partial charge in [0.05, 0.1) is 11.5 Å². The molecule has 1 heterocycles. The van der Waals surface area contributed by atoms with Gasteiger partial charge in [0.1, 0.15) is 16.6 Å². The van der Waals surface area contributed by atoms with Gasteiger partial charge < -0.3 is 9.84 Å². The van der Waals surface area contributed by atoms with Crippen LogP contribution in [-0.4, -0.2) is 39.4 Å². The molecular weight excluding hydrogens is 310 g/mol. The Morgan fingerprint density at radius 2 is 2.10 bits per heavy atom. The van der Waals surface area contributed by atoms with Gasteiger partial charge in [-0.3, -0.25) is 14.5 Å². The number of carbonyl (C=O) groups excluding carboxylic acids is 1. The van der Waals surface area contributed by atoms with E-state index in [1.807, 2.05) is 31.2 Å². The standard InChI is InChI=1S/C14H13NO4S2/c1-2-19-10-5-3-9(4-6-10)7-11-13(18)15(8-12(16)17)14(20)21-11/h3-7H,2,8H2,1H3,(H,16,17)/b11-7+. The number of ether oxygens (including phenoxy) is 1. The van der Waals surface area contributed by atoms with E-state index >= 15 is 0 Å². The normalized spacial score (nSPS) is 16.6. The third kappa shape index (κ3) is 3.83. The summed E-state index contributed by atoms with van der Waals surface area (Å²) in [5.41, 5.74) is 0.828. The third-order valence-corrected chi connectivity index (χ3v) is 4.03. The highest BCUT2D eigenvalue weighted by Crippen LogP contribution is 2.32. The highest BCUT2D eigenvalue weighted by molar-refractivity contribution is 8.26. The predicted molar refractivity (Wildman–Crippen MR) is 85.1 cm³/mol. The molecule has 0 bridgehead atoms. The SMILES string of the molecule is CCOc1ccc(/C=C2/SC(=S)N(CC(=O)O)C2=O)cc1. The maximum Gasteiger partial charge on any atom is 0.323 e. The molecule has 0 spiro atoms. The summed E-state index contributed by atoms with van der Waals surface area (Å²) in [7, 11) is 0. The lowest BCUT2D eigenvalue weighted by Crippen LogP contribution is -2.33. The van der Waals surface area contributed by atoms with Gasteiger partial charge in [0.2, 0.25) is 0 Å². The molecule has 0 aromatic heterocycles. The molecule has 110 valence electrons. The smallest absolute Gasteiger partial charge is 0.323 e. The molecule has 1 aromatic rings. The molecule has 7 heteroatoms. The van der Waals surface area contributed by atoms with Crippen LogP contribution in [0.3, 0.4) is 0 Å². The van der Waals surface area contributed by atoms with Crippen LogP contribution >= 0.6 is 24.0 Å². The second-order valence-electron chi connectivity index (χ2n) is 4.16. The molecule has 21 heavy (non-hydrogen) atoms. The molecule has 0 atom stereocenters. The summed E-state index contributed by atoms with van der Waals surface area (Å²) in [6, 6.07) is 7.28. The Bertz CT molecular complexity index is 610. The van der Waals surface area contributed by atoms with Gasteiger partial charge in [0.25, 0.3) is 5.91 Å². The first-order valence-corrected chi connectivity index (χ1v) is 7.43. The zero-order valence-corrected chi connectivity index (χ0v) is 12.9. The molecule has 0 saturated carbocycles. The second-order valence-corrected chi connectivity index (χ2v) is 5.84. The Morgan fingerprint density at radius 3 is 2.67 bits per heavy atom. The number of carbonyl (C=O) groups is 2. The molecule has 0 unspecified atom stereocenters. The number of aliphatic carboxylic acids is 1. The number of carboxylic acids is 1. The van der Waals surface area contributed by atoms with Crippen molar-refractivity contribution in [1.82, 2.24) is 4.90 Å². The van der Waals surface area contributed by atoms with Crippen LogP contribution in [0.2, 0.25) is 0 Å². The number of rotatable bonds is 5. The number of hydrogen-bond acceptors (Lipinski definition) is 5. The van der Waals surface area contributed by atoms with E-state index in [-0.39, 0.29) is 10.2 Å². The molecule has 0 radical (unpaired) electrons.